The van der Waals surface area contributed by atoms with Crippen LogP contribution in [-0.2, 0) is 14.4 Å². The van der Waals surface area contributed by atoms with Gasteiger partial charge in [-0.3, -0.25) is 14.4 Å². The highest BCUT2D eigenvalue weighted by molar-refractivity contribution is 8.00. The fourth-order valence-corrected chi connectivity index (χ4v) is 14.6. The zero-order chi connectivity index (χ0) is 41.1. The molecule has 6 rings (SSSR count). The third-order valence-electron chi connectivity index (χ3n) is 16.4. The van der Waals surface area contributed by atoms with E-state index in [1.54, 1.807) is 5.57 Å². The van der Waals surface area contributed by atoms with Gasteiger partial charge >= 0.3 is 6.03 Å². The molecule has 58 heavy (non-hydrogen) atoms. The lowest BCUT2D eigenvalue weighted by atomic mass is 9.47. The van der Waals surface area contributed by atoms with Crippen molar-refractivity contribution in [3.63, 3.8) is 0 Å². The van der Waals surface area contributed by atoms with Gasteiger partial charge in [0, 0.05) is 49.4 Å². The Labute approximate surface area is 356 Å². The van der Waals surface area contributed by atoms with Crippen molar-refractivity contribution in [1.82, 2.24) is 26.6 Å². The Bertz CT molecular complexity index is 1420. The van der Waals surface area contributed by atoms with Crippen molar-refractivity contribution < 1.29 is 19.2 Å². The van der Waals surface area contributed by atoms with E-state index < -0.39 is 0 Å². The molecule has 5 amide bonds. The normalized spacial score (nSPS) is 34.1. The summed E-state index contributed by atoms with van der Waals surface area (Å²) < 4.78 is 0. The summed E-state index contributed by atoms with van der Waals surface area (Å²) in [5, 5.41) is 15.7. The molecule has 2 saturated heterocycles. The number of amides is 5. The van der Waals surface area contributed by atoms with Gasteiger partial charge in [0.25, 0.3) is 0 Å². The Kier molecular flexibility index (Phi) is 16.8. The molecule has 9 nitrogen and oxygen atoms in total. The minimum atomic E-state index is -0.0533. The summed E-state index contributed by atoms with van der Waals surface area (Å²) in [6, 6.07) is 0.619. The van der Waals surface area contributed by atoms with E-state index in [2.05, 4.69) is 60.4 Å². The summed E-state index contributed by atoms with van der Waals surface area (Å²) in [6.45, 7) is 11.2. The molecule has 0 aromatic heterocycles. The number of fused-ring (bicyclic) bond motifs is 6. The molecule has 3 saturated carbocycles. The number of hydrogen-bond acceptors (Lipinski definition) is 5. The largest absolute Gasteiger partial charge is 0.356 e. The Morgan fingerprint density at radius 2 is 1.55 bits per heavy atom. The first-order valence-electron chi connectivity index (χ1n) is 24.2. The number of unbranched alkanes of at least 4 members (excludes halogenated alkanes) is 8. The molecular formula is C48H81N5O4S. The van der Waals surface area contributed by atoms with Crippen LogP contribution < -0.4 is 26.6 Å². The predicted molar refractivity (Wildman–Crippen MR) is 237 cm³/mol. The average molecular weight is 824 g/mol. The third kappa shape index (κ3) is 11.4. The fraction of sp³-hybridized carbons (Fsp3) is 0.875. The third-order valence-corrected chi connectivity index (χ3v) is 17.9. The van der Waals surface area contributed by atoms with Crippen molar-refractivity contribution in [2.45, 2.75) is 205 Å². The molecule has 0 aromatic rings. The number of thioether (sulfide) groups is 1. The fourth-order valence-electron chi connectivity index (χ4n) is 13.1. The monoisotopic (exact) mass is 824 g/mol. The smallest absolute Gasteiger partial charge is 0.315 e. The maximum Gasteiger partial charge on any atom is 0.315 e. The number of urea groups is 1. The SMILES string of the molecule is CCCCCCCC[C@@H](C)C1CC[C@H]2[C@H]3CC=C4C[C@@H](NC(=O)CCNC(=O)CCCCCNC(=O)CCCC[C@@H]5SC[C@@H]6NC(=O)N[C@@H]65)CCC4(C)C3CCC12C. The summed E-state index contributed by atoms with van der Waals surface area (Å²) in [5.74, 6) is 5.34. The molecule has 6 aliphatic rings. The van der Waals surface area contributed by atoms with E-state index in [0.29, 0.717) is 43.0 Å². The lowest BCUT2D eigenvalue weighted by Gasteiger charge is -2.58. The van der Waals surface area contributed by atoms with E-state index in [1.165, 1.54) is 83.5 Å². The van der Waals surface area contributed by atoms with Gasteiger partial charge in [-0.05, 0) is 117 Å². The second-order valence-corrected chi connectivity index (χ2v) is 21.4. The Morgan fingerprint density at radius 1 is 0.810 bits per heavy atom. The number of nitrogens with one attached hydrogen (secondary N) is 5. The molecule has 0 spiro atoms. The second-order valence-electron chi connectivity index (χ2n) is 20.2. The van der Waals surface area contributed by atoms with Crippen molar-refractivity contribution in [2.24, 2.45) is 40.4 Å². The van der Waals surface area contributed by atoms with E-state index in [0.717, 1.165) is 86.7 Å². The molecule has 0 radical (unpaired) electrons. The Morgan fingerprint density at radius 3 is 2.36 bits per heavy atom. The maximum atomic E-state index is 13.0. The molecule has 0 aromatic carbocycles. The minimum absolute atomic E-state index is 0.00342. The molecule has 0 bridgehead atoms. The van der Waals surface area contributed by atoms with Gasteiger partial charge in [-0.15, -0.1) is 0 Å². The molecule has 5 N–H and O–H groups in total. The average Bonchev–Trinajstić information content (AvgIpc) is 3.87. The van der Waals surface area contributed by atoms with Gasteiger partial charge in [-0.2, -0.15) is 11.8 Å². The van der Waals surface area contributed by atoms with Gasteiger partial charge in [0.1, 0.15) is 0 Å². The summed E-state index contributed by atoms with van der Waals surface area (Å²) in [7, 11) is 0. The number of carbonyl (C=O) groups excluding carboxylic acids is 4. The van der Waals surface area contributed by atoms with Crippen molar-refractivity contribution in [3.05, 3.63) is 11.6 Å². The van der Waals surface area contributed by atoms with Gasteiger partial charge in [-0.1, -0.05) is 97.1 Å². The Hall–Kier alpha value is -2.23. The number of rotatable bonds is 23. The summed E-state index contributed by atoms with van der Waals surface area (Å²) in [5.41, 5.74) is 2.41. The molecule has 2 aliphatic heterocycles. The maximum absolute atomic E-state index is 13.0. The molecule has 2 heterocycles. The molecule has 328 valence electrons. The molecular weight excluding hydrogens is 743 g/mol. The number of allylic oxidation sites excluding steroid dienone is 1. The lowest BCUT2D eigenvalue weighted by molar-refractivity contribution is -0.123. The van der Waals surface area contributed by atoms with Crippen LogP contribution in [0, 0.1) is 40.4 Å². The topological polar surface area (TPSA) is 128 Å². The highest BCUT2D eigenvalue weighted by Gasteiger charge is 2.59. The quantitative estimate of drug-likeness (QED) is 0.0399. The van der Waals surface area contributed by atoms with Crippen LogP contribution in [0.5, 0.6) is 0 Å². The second kappa shape index (κ2) is 21.5. The summed E-state index contributed by atoms with van der Waals surface area (Å²) in [6.07, 6.45) is 29.2. The molecule has 11 atom stereocenters. The summed E-state index contributed by atoms with van der Waals surface area (Å²) in [4.78, 5) is 49.3. The molecule has 5 fully saturated rings. The highest BCUT2D eigenvalue weighted by Crippen LogP contribution is 2.67. The first-order chi connectivity index (χ1) is 28.0. The van der Waals surface area contributed by atoms with Gasteiger partial charge in [0.05, 0.1) is 12.1 Å². The van der Waals surface area contributed by atoms with Crippen molar-refractivity contribution in [1.29, 1.82) is 0 Å². The van der Waals surface area contributed by atoms with E-state index in [-0.39, 0.29) is 47.3 Å². The van der Waals surface area contributed by atoms with Crippen molar-refractivity contribution >= 4 is 35.5 Å². The van der Waals surface area contributed by atoms with Crippen LogP contribution in [0.2, 0.25) is 0 Å². The lowest BCUT2D eigenvalue weighted by Crippen LogP contribution is -2.52. The minimum Gasteiger partial charge on any atom is -0.356 e. The van der Waals surface area contributed by atoms with Crippen LogP contribution >= 0.6 is 11.8 Å². The van der Waals surface area contributed by atoms with E-state index in [4.69, 9.17) is 0 Å². The predicted octanol–water partition coefficient (Wildman–Crippen LogP) is 9.35. The van der Waals surface area contributed by atoms with Crippen molar-refractivity contribution in [3.8, 4) is 0 Å². The molecule has 4 unspecified atom stereocenters. The van der Waals surface area contributed by atoms with Crippen molar-refractivity contribution in [2.75, 3.05) is 18.8 Å². The first kappa shape index (κ1) is 45.3. The van der Waals surface area contributed by atoms with E-state index in [1.807, 2.05) is 11.8 Å². The highest BCUT2D eigenvalue weighted by atomic mass is 32.2. The van der Waals surface area contributed by atoms with Crippen LogP contribution in [0.3, 0.4) is 0 Å². The van der Waals surface area contributed by atoms with Gasteiger partial charge < -0.3 is 26.6 Å². The number of carbonyl (C=O) groups is 4. The van der Waals surface area contributed by atoms with E-state index >= 15 is 0 Å². The van der Waals surface area contributed by atoms with Gasteiger partial charge in [-0.25, -0.2) is 4.79 Å². The zero-order valence-electron chi connectivity index (χ0n) is 36.9. The molecule has 10 heteroatoms. The van der Waals surface area contributed by atoms with Crippen LogP contribution in [0.4, 0.5) is 4.79 Å². The van der Waals surface area contributed by atoms with Gasteiger partial charge in [0.15, 0.2) is 0 Å². The Balaban J connectivity index is 0.802. The first-order valence-corrected chi connectivity index (χ1v) is 25.3. The van der Waals surface area contributed by atoms with Crippen LogP contribution in [0.25, 0.3) is 0 Å². The number of hydrogen-bond donors (Lipinski definition) is 5. The molecule has 4 aliphatic carbocycles. The summed E-state index contributed by atoms with van der Waals surface area (Å²) >= 11 is 1.91. The standard InChI is InChI=1S/C48H81N5O4S/c1-5-6-7-8-9-11-16-33(2)37-22-23-38-36-21-20-34-31-35(24-27-47(34,3)39(36)25-28-48(37,38)4)51-44(56)26-30-50-43(55)18-12-10-15-29-49-42(54)19-14-13-17-41-45-40(32-58-41)52-46(57)53-45/h20,33,35-41,45H,5-19,21-32H2,1-4H3,(H,49,54)(H,50,55)(H,51,56)(H2,52,53,57)/t33-,35+,36-,37?,38+,39?,40+,41+,45+,47?,48?/m1/s1. The zero-order valence-corrected chi connectivity index (χ0v) is 37.7. The van der Waals surface area contributed by atoms with Crippen LogP contribution in [-0.4, -0.2) is 66.0 Å². The van der Waals surface area contributed by atoms with Crippen LogP contribution in [0.1, 0.15) is 182 Å². The van der Waals surface area contributed by atoms with Crippen LogP contribution in [0.15, 0.2) is 11.6 Å². The van der Waals surface area contributed by atoms with Gasteiger partial charge in [0.2, 0.25) is 17.7 Å². The van der Waals surface area contributed by atoms with E-state index in [9.17, 15) is 19.2 Å².